The molecule has 1 aliphatic heterocycles. The zero-order chi connectivity index (χ0) is 14.8. The van der Waals surface area contributed by atoms with Gasteiger partial charge in [-0.25, -0.2) is 4.68 Å². The molecule has 0 saturated carbocycles. The van der Waals surface area contributed by atoms with E-state index >= 15 is 0 Å². The number of carbonyl (C=O) groups is 1. The number of nitrogens with zero attached hydrogens (tertiary/aromatic N) is 4. The molecule has 0 N–H and O–H groups in total. The van der Waals surface area contributed by atoms with Crippen LogP contribution in [-0.2, 0) is 0 Å². The first-order valence-electron chi connectivity index (χ1n) is 7.24. The minimum atomic E-state index is 0.0859. The predicted molar refractivity (Wildman–Crippen MR) is 81.7 cm³/mol. The van der Waals surface area contributed by atoms with Crippen molar-refractivity contribution in [2.75, 3.05) is 33.2 Å². The predicted octanol–water partition coefficient (Wildman–Crippen LogP) is 1.57. The highest BCUT2D eigenvalue weighted by molar-refractivity contribution is 5.95. The van der Waals surface area contributed by atoms with Gasteiger partial charge in [-0.3, -0.25) is 4.79 Å². The fraction of sp³-hybridized carbons (Fsp3) is 0.375. The van der Waals surface area contributed by atoms with Gasteiger partial charge >= 0.3 is 0 Å². The summed E-state index contributed by atoms with van der Waals surface area (Å²) in [7, 11) is 2.08. The minimum absolute atomic E-state index is 0.0859. The maximum absolute atomic E-state index is 12.6. The van der Waals surface area contributed by atoms with Crippen LogP contribution in [0.3, 0.4) is 0 Å². The van der Waals surface area contributed by atoms with Gasteiger partial charge in [0.1, 0.15) is 0 Å². The molecule has 0 atom stereocenters. The number of hydrogen-bond donors (Lipinski definition) is 0. The van der Waals surface area contributed by atoms with Crippen molar-refractivity contribution in [2.45, 2.75) is 6.92 Å². The van der Waals surface area contributed by atoms with E-state index < -0.39 is 0 Å². The SMILES string of the molecule is Cc1c(C(=O)N2CCN(C)CC2)cnn1-c1ccccc1. The van der Waals surface area contributed by atoms with Gasteiger partial charge in [0.05, 0.1) is 23.1 Å². The second-order valence-corrected chi connectivity index (χ2v) is 5.49. The first kappa shape index (κ1) is 13.8. The van der Waals surface area contributed by atoms with E-state index in [0.29, 0.717) is 5.56 Å². The Kier molecular flexibility index (Phi) is 3.75. The van der Waals surface area contributed by atoms with Crippen LogP contribution in [0.5, 0.6) is 0 Å². The lowest BCUT2D eigenvalue weighted by molar-refractivity contribution is 0.0663. The molecular formula is C16H20N4O. The zero-order valence-corrected chi connectivity index (χ0v) is 12.5. The van der Waals surface area contributed by atoms with Crippen molar-refractivity contribution in [3.8, 4) is 5.69 Å². The fourth-order valence-corrected chi connectivity index (χ4v) is 2.63. The van der Waals surface area contributed by atoms with Gasteiger partial charge in [-0.2, -0.15) is 5.10 Å². The molecule has 2 heterocycles. The van der Waals surface area contributed by atoms with Crippen LogP contribution in [0.15, 0.2) is 36.5 Å². The quantitative estimate of drug-likeness (QED) is 0.840. The lowest BCUT2D eigenvalue weighted by Crippen LogP contribution is -2.47. The lowest BCUT2D eigenvalue weighted by Gasteiger charge is -2.32. The van der Waals surface area contributed by atoms with E-state index in [0.717, 1.165) is 37.6 Å². The molecule has 0 aliphatic carbocycles. The Labute approximate surface area is 124 Å². The van der Waals surface area contributed by atoms with E-state index in [2.05, 4.69) is 17.0 Å². The summed E-state index contributed by atoms with van der Waals surface area (Å²) < 4.78 is 1.82. The van der Waals surface area contributed by atoms with E-state index in [1.165, 1.54) is 0 Å². The second-order valence-electron chi connectivity index (χ2n) is 5.49. The lowest BCUT2D eigenvalue weighted by atomic mass is 10.2. The molecule has 0 unspecified atom stereocenters. The van der Waals surface area contributed by atoms with Crippen LogP contribution in [0.4, 0.5) is 0 Å². The summed E-state index contributed by atoms with van der Waals surface area (Å²) in [5.41, 5.74) is 2.57. The van der Waals surface area contributed by atoms with Crippen LogP contribution in [0.25, 0.3) is 5.69 Å². The van der Waals surface area contributed by atoms with Gasteiger partial charge in [0.15, 0.2) is 0 Å². The highest BCUT2D eigenvalue weighted by Crippen LogP contribution is 2.16. The van der Waals surface area contributed by atoms with E-state index in [1.54, 1.807) is 6.20 Å². The number of aromatic nitrogens is 2. The third-order valence-corrected chi connectivity index (χ3v) is 4.03. The van der Waals surface area contributed by atoms with Crippen LogP contribution in [-0.4, -0.2) is 58.7 Å². The first-order valence-corrected chi connectivity index (χ1v) is 7.24. The molecule has 1 saturated heterocycles. The molecule has 5 heteroatoms. The van der Waals surface area contributed by atoms with Crippen molar-refractivity contribution < 1.29 is 4.79 Å². The maximum atomic E-state index is 12.6. The van der Waals surface area contributed by atoms with Crippen molar-refractivity contribution in [3.63, 3.8) is 0 Å². The van der Waals surface area contributed by atoms with E-state index in [-0.39, 0.29) is 5.91 Å². The standard InChI is InChI=1S/C16H20N4O/c1-13-15(16(21)19-10-8-18(2)9-11-19)12-17-20(13)14-6-4-3-5-7-14/h3-7,12H,8-11H2,1-2H3. The number of carbonyl (C=O) groups excluding carboxylic acids is 1. The summed E-state index contributed by atoms with van der Waals surface area (Å²) in [5.74, 6) is 0.0859. The van der Waals surface area contributed by atoms with Crippen molar-refractivity contribution in [1.29, 1.82) is 0 Å². The summed E-state index contributed by atoms with van der Waals surface area (Å²) in [4.78, 5) is 16.8. The Morgan fingerprint density at radius 2 is 1.76 bits per heavy atom. The number of amides is 1. The van der Waals surface area contributed by atoms with Crippen LogP contribution in [0.2, 0.25) is 0 Å². The van der Waals surface area contributed by atoms with Gasteiger partial charge in [0, 0.05) is 26.2 Å². The number of piperazine rings is 1. The van der Waals surface area contributed by atoms with Crippen molar-refractivity contribution >= 4 is 5.91 Å². The molecule has 1 aliphatic rings. The van der Waals surface area contributed by atoms with Crippen molar-refractivity contribution in [1.82, 2.24) is 19.6 Å². The average Bonchev–Trinajstić information content (AvgIpc) is 2.90. The normalized spacial score (nSPS) is 16.2. The Morgan fingerprint density at radius 3 is 2.43 bits per heavy atom. The summed E-state index contributed by atoms with van der Waals surface area (Å²) in [6.45, 7) is 5.37. The molecular weight excluding hydrogens is 264 g/mol. The molecule has 2 aromatic rings. The Balaban J connectivity index is 1.84. The number of rotatable bonds is 2. The number of likely N-dealkylation sites (N-methyl/N-ethyl adjacent to an activating group) is 1. The molecule has 1 fully saturated rings. The highest BCUT2D eigenvalue weighted by atomic mass is 16.2. The second kappa shape index (κ2) is 5.69. The smallest absolute Gasteiger partial charge is 0.257 e. The van der Waals surface area contributed by atoms with E-state index in [4.69, 9.17) is 0 Å². The number of benzene rings is 1. The Bertz CT molecular complexity index is 627. The van der Waals surface area contributed by atoms with Gasteiger partial charge in [-0.15, -0.1) is 0 Å². The molecule has 21 heavy (non-hydrogen) atoms. The first-order chi connectivity index (χ1) is 10.2. The van der Waals surface area contributed by atoms with E-state index in [1.807, 2.05) is 46.8 Å². The zero-order valence-electron chi connectivity index (χ0n) is 12.5. The molecule has 3 rings (SSSR count). The Morgan fingerprint density at radius 1 is 1.10 bits per heavy atom. The van der Waals surface area contributed by atoms with Crippen LogP contribution >= 0.6 is 0 Å². The van der Waals surface area contributed by atoms with Gasteiger partial charge in [0.2, 0.25) is 0 Å². The van der Waals surface area contributed by atoms with Crippen molar-refractivity contribution in [3.05, 3.63) is 47.8 Å². The molecule has 0 radical (unpaired) electrons. The van der Waals surface area contributed by atoms with E-state index in [9.17, 15) is 4.79 Å². The fourth-order valence-electron chi connectivity index (χ4n) is 2.63. The maximum Gasteiger partial charge on any atom is 0.257 e. The summed E-state index contributed by atoms with van der Waals surface area (Å²) in [6.07, 6.45) is 1.68. The topological polar surface area (TPSA) is 41.4 Å². The van der Waals surface area contributed by atoms with Crippen LogP contribution in [0, 0.1) is 6.92 Å². The third-order valence-electron chi connectivity index (χ3n) is 4.03. The molecule has 5 nitrogen and oxygen atoms in total. The Hall–Kier alpha value is -2.14. The van der Waals surface area contributed by atoms with Crippen LogP contribution in [0.1, 0.15) is 16.1 Å². The van der Waals surface area contributed by atoms with Gasteiger partial charge in [0.25, 0.3) is 5.91 Å². The highest BCUT2D eigenvalue weighted by Gasteiger charge is 2.23. The largest absolute Gasteiger partial charge is 0.336 e. The van der Waals surface area contributed by atoms with Crippen molar-refractivity contribution in [2.24, 2.45) is 0 Å². The molecule has 1 aromatic carbocycles. The van der Waals surface area contributed by atoms with Crippen LogP contribution < -0.4 is 0 Å². The van der Waals surface area contributed by atoms with Gasteiger partial charge in [-0.05, 0) is 26.1 Å². The molecule has 1 amide bonds. The molecule has 0 spiro atoms. The monoisotopic (exact) mass is 284 g/mol. The minimum Gasteiger partial charge on any atom is -0.336 e. The van der Waals surface area contributed by atoms with Gasteiger partial charge < -0.3 is 9.80 Å². The summed E-state index contributed by atoms with van der Waals surface area (Å²) in [6, 6.07) is 9.89. The molecule has 1 aromatic heterocycles. The summed E-state index contributed by atoms with van der Waals surface area (Å²) >= 11 is 0. The average molecular weight is 284 g/mol. The number of hydrogen-bond acceptors (Lipinski definition) is 3. The third kappa shape index (κ3) is 2.69. The molecule has 0 bridgehead atoms. The van der Waals surface area contributed by atoms with Gasteiger partial charge in [-0.1, -0.05) is 18.2 Å². The summed E-state index contributed by atoms with van der Waals surface area (Å²) in [5, 5.41) is 4.38. The molecule has 110 valence electrons. The number of para-hydroxylation sites is 1.